The molecule has 3 heteroatoms. The molecule has 0 aliphatic heterocycles. The van der Waals surface area contributed by atoms with Gasteiger partial charge in [0.05, 0.1) is 6.61 Å². The number of rotatable bonds is 7. The molecule has 18 heavy (non-hydrogen) atoms. The molecular weight excluding hydrogens is 224 g/mol. The Balaban J connectivity index is 2.53. The Labute approximate surface area is 111 Å². The van der Waals surface area contributed by atoms with E-state index in [1.54, 1.807) is 0 Å². The second-order valence-electron chi connectivity index (χ2n) is 5.35. The minimum absolute atomic E-state index is 0.153. The third-order valence-electron chi connectivity index (χ3n) is 3.36. The Bertz CT molecular complexity index is 361. The van der Waals surface area contributed by atoms with Crippen LogP contribution in [-0.2, 0) is 6.54 Å². The molecule has 0 bridgehead atoms. The molecule has 0 spiro atoms. The van der Waals surface area contributed by atoms with Crippen molar-refractivity contribution in [3.8, 4) is 5.75 Å². The maximum absolute atomic E-state index is 5.62. The quantitative estimate of drug-likeness (QED) is 0.805. The zero-order chi connectivity index (χ0) is 13.6. The molecule has 0 saturated heterocycles. The third kappa shape index (κ3) is 4.31. The van der Waals surface area contributed by atoms with Gasteiger partial charge in [-0.2, -0.15) is 0 Å². The second kappa shape index (κ2) is 6.76. The Hall–Kier alpha value is -1.06. The van der Waals surface area contributed by atoms with Crippen molar-refractivity contribution >= 4 is 0 Å². The van der Waals surface area contributed by atoms with Gasteiger partial charge in [-0.05, 0) is 40.9 Å². The SMILES string of the molecule is CCOc1ccccc1CNCC(C)(C)N(C)C. The van der Waals surface area contributed by atoms with Gasteiger partial charge in [0, 0.05) is 24.2 Å². The first-order valence-electron chi connectivity index (χ1n) is 6.56. The minimum atomic E-state index is 0.153. The fraction of sp³-hybridized carbons (Fsp3) is 0.600. The van der Waals surface area contributed by atoms with Crippen molar-refractivity contribution < 1.29 is 4.74 Å². The fourth-order valence-electron chi connectivity index (χ4n) is 1.61. The number of hydrogen-bond acceptors (Lipinski definition) is 3. The van der Waals surface area contributed by atoms with Gasteiger partial charge < -0.3 is 15.0 Å². The van der Waals surface area contributed by atoms with Gasteiger partial charge in [-0.15, -0.1) is 0 Å². The maximum atomic E-state index is 5.62. The number of para-hydroxylation sites is 1. The number of benzene rings is 1. The number of ether oxygens (including phenoxy) is 1. The second-order valence-corrected chi connectivity index (χ2v) is 5.35. The normalized spacial score (nSPS) is 11.9. The van der Waals surface area contributed by atoms with Gasteiger partial charge in [0.15, 0.2) is 0 Å². The molecule has 0 aliphatic carbocycles. The lowest BCUT2D eigenvalue weighted by Gasteiger charge is -2.32. The van der Waals surface area contributed by atoms with Crippen molar-refractivity contribution in [2.45, 2.75) is 32.9 Å². The highest BCUT2D eigenvalue weighted by atomic mass is 16.5. The van der Waals surface area contributed by atoms with E-state index in [-0.39, 0.29) is 5.54 Å². The van der Waals surface area contributed by atoms with Crippen LogP contribution in [0.1, 0.15) is 26.3 Å². The molecule has 1 aromatic rings. The van der Waals surface area contributed by atoms with Crippen LogP contribution in [0.25, 0.3) is 0 Å². The fourth-order valence-corrected chi connectivity index (χ4v) is 1.61. The van der Waals surface area contributed by atoms with Crippen LogP contribution < -0.4 is 10.1 Å². The summed E-state index contributed by atoms with van der Waals surface area (Å²) in [5.74, 6) is 0.982. The molecule has 102 valence electrons. The zero-order valence-electron chi connectivity index (χ0n) is 12.3. The van der Waals surface area contributed by atoms with Crippen molar-refractivity contribution in [2.24, 2.45) is 0 Å². The lowest BCUT2D eigenvalue weighted by atomic mass is 10.0. The Kier molecular flexibility index (Phi) is 5.63. The van der Waals surface area contributed by atoms with E-state index in [0.717, 1.165) is 18.8 Å². The van der Waals surface area contributed by atoms with Crippen LogP contribution >= 0.6 is 0 Å². The molecule has 3 nitrogen and oxygen atoms in total. The van der Waals surface area contributed by atoms with E-state index in [2.05, 4.69) is 50.3 Å². The van der Waals surface area contributed by atoms with Crippen LogP contribution in [0.15, 0.2) is 24.3 Å². The number of likely N-dealkylation sites (N-methyl/N-ethyl adjacent to an activating group) is 1. The molecule has 1 N–H and O–H groups in total. The molecule has 0 saturated carbocycles. The van der Waals surface area contributed by atoms with E-state index in [1.807, 2.05) is 19.1 Å². The molecule has 0 amide bonds. The van der Waals surface area contributed by atoms with Crippen LogP contribution in [0, 0.1) is 0 Å². The monoisotopic (exact) mass is 250 g/mol. The lowest BCUT2D eigenvalue weighted by Crippen LogP contribution is -2.46. The first-order valence-corrected chi connectivity index (χ1v) is 6.56. The van der Waals surface area contributed by atoms with Gasteiger partial charge in [0.1, 0.15) is 5.75 Å². The number of hydrogen-bond donors (Lipinski definition) is 1. The van der Waals surface area contributed by atoms with Gasteiger partial charge >= 0.3 is 0 Å². The summed E-state index contributed by atoms with van der Waals surface area (Å²) < 4.78 is 5.62. The van der Waals surface area contributed by atoms with Crippen molar-refractivity contribution in [1.29, 1.82) is 0 Å². The third-order valence-corrected chi connectivity index (χ3v) is 3.36. The van der Waals surface area contributed by atoms with Gasteiger partial charge in [-0.25, -0.2) is 0 Å². The van der Waals surface area contributed by atoms with Gasteiger partial charge in [-0.3, -0.25) is 0 Å². The first-order chi connectivity index (χ1) is 8.47. The summed E-state index contributed by atoms with van der Waals surface area (Å²) in [7, 11) is 4.21. The highest BCUT2D eigenvalue weighted by molar-refractivity contribution is 5.33. The molecule has 0 radical (unpaired) electrons. The summed E-state index contributed by atoms with van der Waals surface area (Å²) in [6.07, 6.45) is 0. The molecule has 0 aromatic heterocycles. The van der Waals surface area contributed by atoms with Crippen molar-refractivity contribution in [3.05, 3.63) is 29.8 Å². The van der Waals surface area contributed by atoms with Gasteiger partial charge in [0.25, 0.3) is 0 Å². The van der Waals surface area contributed by atoms with E-state index in [9.17, 15) is 0 Å². The van der Waals surface area contributed by atoms with E-state index in [0.29, 0.717) is 6.61 Å². The molecule has 1 rings (SSSR count). The Morgan fingerprint density at radius 1 is 1.22 bits per heavy atom. The summed E-state index contributed by atoms with van der Waals surface area (Å²) in [5.41, 5.74) is 1.37. The Morgan fingerprint density at radius 3 is 2.50 bits per heavy atom. The van der Waals surface area contributed by atoms with Crippen LogP contribution in [0.5, 0.6) is 5.75 Å². The molecule has 0 fully saturated rings. The summed E-state index contributed by atoms with van der Waals surface area (Å²) in [4.78, 5) is 2.23. The number of nitrogens with one attached hydrogen (secondary N) is 1. The highest BCUT2D eigenvalue weighted by Gasteiger charge is 2.19. The highest BCUT2D eigenvalue weighted by Crippen LogP contribution is 2.18. The van der Waals surface area contributed by atoms with E-state index >= 15 is 0 Å². The van der Waals surface area contributed by atoms with E-state index in [4.69, 9.17) is 4.74 Å². The van der Waals surface area contributed by atoms with Crippen LogP contribution in [0.3, 0.4) is 0 Å². The Morgan fingerprint density at radius 2 is 1.89 bits per heavy atom. The van der Waals surface area contributed by atoms with Crippen molar-refractivity contribution in [2.75, 3.05) is 27.2 Å². The average Bonchev–Trinajstić information content (AvgIpc) is 2.31. The zero-order valence-corrected chi connectivity index (χ0v) is 12.3. The summed E-state index contributed by atoms with van der Waals surface area (Å²) in [5, 5.41) is 3.50. The van der Waals surface area contributed by atoms with Crippen LogP contribution in [0.2, 0.25) is 0 Å². The summed E-state index contributed by atoms with van der Waals surface area (Å²) >= 11 is 0. The van der Waals surface area contributed by atoms with Gasteiger partial charge in [0.2, 0.25) is 0 Å². The lowest BCUT2D eigenvalue weighted by molar-refractivity contribution is 0.189. The molecule has 1 aromatic carbocycles. The van der Waals surface area contributed by atoms with Crippen LogP contribution in [-0.4, -0.2) is 37.7 Å². The smallest absolute Gasteiger partial charge is 0.123 e. The summed E-state index contributed by atoms with van der Waals surface area (Å²) in [6, 6.07) is 8.20. The topological polar surface area (TPSA) is 24.5 Å². The largest absolute Gasteiger partial charge is 0.494 e. The summed E-state index contributed by atoms with van der Waals surface area (Å²) in [6.45, 7) is 8.97. The van der Waals surface area contributed by atoms with E-state index in [1.165, 1.54) is 5.56 Å². The predicted octanol–water partition coefficient (Wildman–Crippen LogP) is 2.52. The van der Waals surface area contributed by atoms with Crippen molar-refractivity contribution in [1.82, 2.24) is 10.2 Å². The predicted molar refractivity (Wildman–Crippen MR) is 77.1 cm³/mol. The average molecular weight is 250 g/mol. The van der Waals surface area contributed by atoms with E-state index < -0.39 is 0 Å². The van der Waals surface area contributed by atoms with Gasteiger partial charge in [-0.1, -0.05) is 18.2 Å². The number of nitrogens with zero attached hydrogens (tertiary/aromatic N) is 1. The first kappa shape index (κ1) is 15.0. The maximum Gasteiger partial charge on any atom is 0.123 e. The molecule has 0 heterocycles. The standard InChI is InChI=1S/C15H26N2O/c1-6-18-14-10-8-7-9-13(14)11-16-12-15(2,3)17(4)5/h7-10,16H,6,11-12H2,1-5H3. The molecule has 0 atom stereocenters. The molecule has 0 aliphatic rings. The van der Waals surface area contributed by atoms with Crippen molar-refractivity contribution in [3.63, 3.8) is 0 Å². The molecular formula is C15H26N2O. The minimum Gasteiger partial charge on any atom is -0.494 e. The van der Waals surface area contributed by atoms with Crippen LogP contribution in [0.4, 0.5) is 0 Å². The molecule has 0 unspecified atom stereocenters.